The van der Waals surface area contributed by atoms with Gasteiger partial charge in [0.1, 0.15) is 95.9 Å². The van der Waals surface area contributed by atoms with Gasteiger partial charge in [-0.25, -0.2) is 9.59 Å². The standard InChI is InChI=1S/C55H60O29/c1-72-29-13-22(14-30(73-2)39(29)63)5-11-36(61)76-21-35-49(82-54-51(44(68)41(65)33(19-56)78-54)81-37(62)12-6-23-15-31(74-3)40(64)32(16-23)75-4)46(70)47(71)53(80-35)84-52-45(69)42(66)34(20-57)79-55(52)83-50-43(67)38-27(60)17-26(59)18-28(38)77-48(50)24-7-9-25(58)10-8-24/h5-18,33-35,41-42,44-47,49,51-60,63-66,68-71H,19-21H2,1-4H3/b11-5+,12-6+/t33-,34-,35-,41-,42+,44+,45+,46-,47-,49-,51-,52-,53+,54+,55+/m1/s1. The molecule has 3 aliphatic rings. The Morgan fingerprint density at radius 2 is 1.04 bits per heavy atom. The molecule has 4 heterocycles. The van der Waals surface area contributed by atoms with E-state index in [1.54, 1.807) is 0 Å². The second-order valence-corrected chi connectivity index (χ2v) is 19.0. The molecule has 0 bridgehead atoms. The molecule has 3 aliphatic heterocycles. The van der Waals surface area contributed by atoms with Crippen molar-refractivity contribution in [3.63, 3.8) is 0 Å². The number of aromatic hydroxyl groups is 5. The van der Waals surface area contributed by atoms with Crippen molar-refractivity contribution in [2.75, 3.05) is 48.3 Å². The Morgan fingerprint density at radius 1 is 0.548 bits per heavy atom. The number of fused-ring (bicyclic) bond motifs is 1. The van der Waals surface area contributed by atoms with Gasteiger partial charge in [0.15, 0.2) is 53.5 Å². The van der Waals surface area contributed by atoms with E-state index in [4.69, 9.17) is 61.3 Å². The van der Waals surface area contributed by atoms with Crippen LogP contribution in [0.1, 0.15) is 11.1 Å². The van der Waals surface area contributed by atoms with Crippen LogP contribution in [0, 0.1) is 0 Å². The second-order valence-electron chi connectivity index (χ2n) is 19.0. The van der Waals surface area contributed by atoms with Gasteiger partial charge in [-0.15, -0.1) is 0 Å². The Kier molecular flexibility index (Phi) is 19.7. The summed E-state index contributed by atoms with van der Waals surface area (Å²) in [6.07, 6.45) is -26.6. The van der Waals surface area contributed by atoms with Crippen molar-refractivity contribution in [1.29, 1.82) is 0 Å². The smallest absolute Gasteiger partial charge is 0.331 e. The molecule has 454 valence electrons. The quantitative estimate of drug-likeness (QED) is 0.0341. The molecule has 1 aromatic heterocycles. The molecule has 3 saturated heterocycles. The van der Waals surface area contributed by atoms with E-state index >= 15 is 0 Å². The number of ether oxygens (including phenoxy) is 12. The first-order chi connectivity index (χ1) is 40.1. The number of hydrogen-bond acceptors (Lipinski definition) is 29. The van der Waals surface area contributed by atoms with Crippen molar-refractivity contribution in [3.05, 3.63) is 94.2 Å². The number of carbonyl (C=O) groups excluding carboxylic acids is 2. The van der Waals surface area contributed by atoms with Crippen molar-refractivity contribution in [2.45, 2.75) is 92.1 Å². The zero-order chi connectivity index (χ0) is 60.8. The lowest BCUT2D eigenvalue weighted by molar-refractivity contribution is -0.379. The van der Waals surface area contributed by atoms with Gasteiger partial charge in [-0.1, -0.05) is 0 Å². The molecule has 29 nitrogen and oxygen atoms in total. The van der Waals surface area contributed by atoms with Gasteiger partial charge in [0.05, 0.1) is 41.7 Å². The number of aliphatic hydroxyl groups is 8. The number of benzene rings is 4. The Labute approximate surface area is 474 Å². The Morgan fingerprint density at radius 3 is 1.57 bits per heavy atom. The van der Waals surface area contributed by atoms with Crippen LogP contribution in [0.3, 0.4) is 0 Å². The minimum absolute atomic E-state index is 0.0271. The van der Waals surface area contributed by atoms with Gasteiger partial charge in [-0.3, -0.25) is 4.79 Å². The molecule has 0 unspecified atom stereocenters. The van der Waals surface area contributed by atoms with E-state index in [0.29, 0.717) is 0 Å². The summed E-state index contributed by atoms with van der Waals surface area (Å²) in [4.78, 5) is 41.3. The average Bonchev–Trinajstić information content (AvgIpc) is 2.15. The highest BCUT2D eigenvalue weighted by atomic mass is 16.8. The van der Waals surface area contributed by atoms with Crippen molar-refractivity contribution >= 4 is 35.1 Å². The molecule has 84 heavy (non-hydrogen) atoms. The molecule has 0 amide bonds. The fourth-order valence-corrected chi connectivity index (χ4v) is 9.25. The second kappa shape index (κ2) is 26.7. The summed E-state index contributed by atoms with van der Waals surface area (Å²) in [5, 5.41) is 141. The molecular weight excluding hydrogens is 1120 g/mol. The molecule has 3 fully saturated rings. The van der Waals surface area contributed by atoms with Crippen LogP contribution in [0.2, 0.25) is 0 Å². The third-order valence-electron chi connectivity index (χ3n) is 13.6. The molecule has 8 rings (SSSR count). The minimum Gasteiger partial charge on any atom is -0.508 e. The third-order valence-corrected chi connectivity index (χ3v) is 13.6. The fourth-order valence-electron chi connectivity index (χ4n) is 9.25. The lowest BCUT2D eigenvalue weighted by Crippen LogP contribution is -2.67. The number of hydrogen-bond donors (Lipinski definition) is 13. The van der Waals surface area contributed by atoms with E-state index in [9.17, 15) is 80.8 Å². The van der Waals surface area contributed by atoms with Gasteiger partial charge in [-0.2, -0.15) is 0 Å². The van der Waals surface area contributed by atoms with Crippen molar-refractivity contribution in [3.8, 4) is 68.8 Å². The van der Waals surface area contributed by atoms with E-state index in [2.05, 4.69) is 0 Å². The topological polar surface area (TPSA) is 438 Å². The lowest BCUT2D eigenvalue weighted by atomic mass is 9.96. The van der Waals surface area contributed by atoms with Gasteiger partial charge >= 0.3 is 11.9 Å². The molecule has 5 aromatic rings. The summed E-state index contributed by atoms with van der Waals surface area (Å²) in [6, 6.07) is 12.2. The highest BCUT2D eigenvalue weighted by molar-refractivity contribution is 5.89. The average molecular weight is 1190 g/mol. The monoisotopic (exact) mass is 1180 g/mol. The highest BCUT2D eigenvalue weighted by Crippen LogP contribution is 2.41. The van der Waals surface area contributed by atoms with Crippen LogP contribution in [-0.4, -0.2) is 219 Å². The highest BCUT2D eigenvalue weighted by Gasteiger charge is 2.55. The first kappa shape index (κ1) is 62.0. The number of methoxy groups -OCH3 is 4. The SMILES string of the molecule is COc1cc(/C=C/C(=O)OC[C@H]2O[C@@H](O[C@H]3[C@H](Oc4c(-c5ccc(O)cc5)oc5cc(O)cc(O)c5c4=O)O[C@H](CO)[C@H](O)[C@@H]3O)[C@H](O)[C@@H](O)[C@@H]2O[C@@H]2O[C@H](CO)[C@@H](O)[C@H](O)[C@H]2OC(=O)/C=C/c2cc(OC)c(O)c(OC)c2)cc(OC)c1O. The van der Waals surface area contributed by atoms with Crippen molar-refractivity contribution < 1.29 is 137 Å². The van der Waals surface area contributed by atoms with Crippen molar-refractivity contribution in [1.82, 2.24) is 0 Å². The number of aliphatic hydroxyl groups excluding tert-OH is 8. The summed E-state index contributed by atoms with van der Waals surface area (Å²) in [7, 11) is 5.08. The Balaban J connectivity index is 1.13. The maximum atomic E-state index is 14.3. The number of carbonyl (C=O) groups is 2. The number of phenols is 5. The lowest BCUT2D eigenvalue weighted by Gasteiger charge is -2.48. The Hall–Kier alpha value is -8.01. The molecule has 0 aliphatic carbocycles. The van der Waals surface area contributed by atoms with E-state index in [0.717, 1.165) is 24.3 Å². The molecule has 0 saturated carbocycles. The van der Waals surface area contributed by atoms with E-state index < -0.39 is 158 Å². The Bertz CT molecular complexity index is 3200. The number of phenolic OH excluding ortho intramolecular Hbond substituents is 5. The zero-order valence-corrected chi connectivity index (χ0v) is 44.7. The van der Waals surface area contributed by atoms with Crippen LogP contribution < -0.4 is 29.1 Å². The van der Waals surface area contributed by atoms with Crippen LogP contribution in [-0.2, 0) is 42.7 Å². The summed E-state index contributed by atoms with van der Waals surface area (Å²) in [6.45, 7) is -2.92. The summed E-state index contributed by atoms with van der Waals surface area (Å²) >= 11 is 0. The maximum Gasteiger partial charge on any atom is 0.331 e. The molecule has 4 aromatic carbocycles. The molecule has 15 atom stereocenters. The predicted octanol–water partition coefficient (Wildman–Crippen LogP) is -0.622. The van der Waals surface area contributed by atoms with Crippen LogP contribution in [0.4, 0.5) is 0 Å². The van der Waals surface area contributed by atoms with Gasteiger partial charge in [0.25, 0.3) is 0 Å². The number of rotatable bonds is 20. The van der Waals surface area contributed by atoms with Crippen molar-refractivity contribution in [2.24, 2.45) is 0 Å². The largest absolute Gasteiger partial charge is 0.508 e. The number of esters is 2. The first-order valence-electron chi connectivity index (χ1n) is 25.3. The van der Waals surface area contributed by atoms with Crippen LogP contribution >= 0.6 is 0 Å². The third kappa shape index (κ3) is 13.2. The minimum atomic E-state index is -2.35. The van der Waals surface area contributed by atoms with Crippen LogP contribution in [0.25, 0.3) is 34.4 Å². The van der Waals surface area contributed by atoms with Gasteiger partial charge in [0, 0.05) is 29.8 Å². The molecule has 13 N–H and O–H groups in total. The van der Waals surface area contributed by atoms with E-state index in [-0.39, 0.29) is 62.5 Å². The first-order valence-corrected chi connectivity index (χ1v) is 25.3. The van der Waals surface area contributed by atoms with Crippen LogP contribution in [0.15, 0.2) is 82.0 Å². The molecule has 0 radical (unpaired) electrons. The van der Waals surface area contributed by atoms with Gasteiger partial charge in [0.2, 0.25) is 29.0 Å². The van der Waals surface area contributed by atoms with Gasteiger partial charge in [-0.05, 0) is 71.8 Å². The van der Waals surface area contributed by atoms with E-state index in [1.807, 2.05) is 0 Å². The summed E-state index contributed by atoms with van der Waals surface area (Å²) < 4.78 is 73.6. The predicted molar refractivity (Wildman–Crippen MR) is 281 cm³/mol. The van der Waals surface area contributed by atoms with Crippen LogP contribution in [0.5, 0.6) is 57.5 Å². The summed E-state index contributed by atoms with van der Waals surface area (Å²) in [5.41, 5.74) is -0.925. The zero-order valence-electron chi connectivity index (χ0n) is 44.7. The molecule has 0 spiro atoms. The normalized spacial score (nSPS) is 28.0. The molecular formula is C55H60O29. The maximum absolute atomic E-state index is 14.3. The molecule has 29 heteroatoms. The summed E-state index contributed by atoms with van der Waals surface area (Å²) in [5.74, 6) is -5.84. The fraction of sp³-hybridized carbons (Fsp3) is 0.400. The van der Waals surface area contributed by atoms with Gasteiger partial charge < -0.3 is 128 Å². The van der Waals surface area contributed by atoms with E-state index in [1.165, 1.54) is 89.1 Å².